The number of allylic oxidation sites excluding steroid dienone is 5. The summed E-state index contributed by atoms with van der Waals surface area (Å²) in [5, 5.41) is 0. The zero-order chi connectivity index (χ0) is 10.7. The minimum Gasteiger partial charge on any atom is -0.265 e. The van der Waals surface area contributed by atoms with Crippen molar-refractivity contribution in [3.63, 3.8) is 0 Å². The fraction of sp³-hybridized carbons (Fsp3) is 0.214. The molecule has 1 heteroatoms. The normalized spacial score (nSPS) is 19.8. The van der Waals surface area contributed by atoms with E-state index in [1.54, 1.807) is 0 Å². The Balaban J connectivity index is 2.17. The summed E-state index contributed by atoms with van der Waals surface area (Å²) in [5.74, 6) is 0.442. The Labute approximate surface area is 90.9 Å². The van der Waals surface area contributed by atoms with E-state index in [9.17, 15) is 0 Å². The number of hydrogen-bond donors (Lipinski definition) is 0. The van der Waals surface area contributed by atoms with Crippen LogP contribution in [0, 0.1) is 5.92 Å². The van der Waals surface area contributed by atoms with Gasteiger partial charge in [-0.05, 0) is 36.6 Å². The molecule has 1 aliphatic rings. The van der Waals surface area contributed by atoms with E-state index in [0.717, 1.165) is 6.42 Å². The van der Waals surface area contributed by atoms with E-state index in [4.69, 9.17) is 0 Å². The van der Waals surface area contributed by atoms with Crippen molar-refractivity contribution < 1.29 is 0 Å². The lowest BCUT2D eigenvalue weighted by Gasteiger charge is -2.19. The van der Waals surface area contributed by atoms with Gasteiger partial charge in [-0.3, -0.25) is 4.98 Å². The standard InChI is InChI=1S/C14H15N/c1-11-4-3-5-14(10-11)12(2)13-6-8-15-9-7-13/h3-9,14H,2,10H2,1H3. The van der Waals surface area contributed by atoms with Crippen LogP contribution in [0.5, 0.6) is 0 Å². The van der Waals surface area contributed by atoms with Crippen molar-refractivity contribution in [1.29, 1.82) is 0 Å². The number of aromatic nitrogens is 1. The highest BCUT2D eigenvalue weighted by Crippen LogP contribution is 2.30. The Morgan fingerprint density at radius 2 is 2.13 bits per heavy atom. The predicted molar refractivity (Wildman–Crippen MR) is 64.3 cm³/mol. The fourth-order valence-corrected chi connectivity index (χ4v) is 1.86. The second-order valence-electron chi connectivity index (χ2n) is 3.97. The Bertz CT molecular complexity index is 412. The molecule has 0 radical (unpaired) electrons. The van der Waals surface area contributed by atoms with E-state index < -0.39 is 0 Å². The molecule has 0 fully saturated rings. The van der Waals surface area contributed by atoms with Crippen molar-refractivity contribution in [1.82, 2.24) is 4.98 Å². The van der Waals surface area contributed by atoms with Crippen LogP contribution in [0.15, 0.2) is 54.9 Å². The van der Waals surface area contributed by atoms with Gasteiger partial charge in [0.25, 0.3) is 0 Å². The van der Waals surface area contributed by atoms with Crippen LogP contribution in [0.25, 0.3) is 5.57 Å². The average Bonchev–Trinajstić information content (AvgIpc) is 2.29. The monoisotopic (exact) mass is 197 g/mol. The lowest BCUT2D eigenvalue weighted by Crippen LogP contribution is -2.03. The van der Waals surface area contributed by atoms with Crippen LogP contribution in [0.1, 0.15) is 18.9 Å². The quantitative estimate of drug-likeness (QED) is 0.705. The third-order valence-electron chi connectivity index (χ3n) is 2.76. The van der Waals surface area contributed by atoms with Gasteiger partial charge in [0.1, 0.15) is 0 Å². The molecule has 76 valence electrons. The fourth-order valence-electron chi connectivity index (χ4n) is 1.86. The minimum absolute atomic E-state index is 0.442. The first-order valence-electron chi connectivity index (χ1n) is 5.20. The summed E-state index contributed by atoms with van der Waals surface area (Å²) in [7, 11) is 0. The molecule has 0 saturated carbocycles. The van der Waals surface area contributed by atoms with Crippen LogP contribution in [-0.2, 0) is 0 Å². The summed E-state index contributed by atoms with van der Waals surface area (Å²) in [6.07, 6.45) is 11.2. The zero-order valence-electron chi connectivity index (χ0n) is 8.98. The third kappa shape index (κ3) is 2.24. The van der Waals surface area contributed by atoms with Gasteiger partial charge in [-0.1, -0.05) is 30.4 Å². The van der Waals surface area contributed by atoms with E-state index in [0.29, 0.717) is 5.92 Å². The molecule has 1 aromatic heterocycles. The molecule has 0 spiro atoms. The summed E-state index contributed by atoms with van der Waals surface area (Å²) >= 11 is 0. The van der Waals surface area contributed by atoms with Gasteiger partial charge in [0.15, 0.2) is 0 Å². The summed E-state index contributed by atoms with van der Waals surface area (Å²) in [6.45, 7) is 6.34. The van der Waals surface area contributed by atoms with Crippen LogP contribution >= 0.6 is 0 Å². The predicted octanol–water partition coefficient (Wildman–Crippen LogP) is 3.62. The molecule has 0 aromatic carbocycles. The number of pyridine rings is 1. The van der Waals surface area contributed by atoms with Gasteiger partial charge in [0, 0.05) is 18.3 Å². The van der Waals surface area contributed by atoms with E-state index in [1.165, 1.54) is 16.7 Å². The largest absolute Gasteiger partial charge is 0.265 e. The SMILES string of the molecule is C=C(c1ccncc1)C1C=CC=C(C)C1. The van der Waals surface area contributed by atoms with Crippen LogP contribution in [0.3, 0.4) is 0 Å². The minimum atomic E-state index is 0.442. The topological polar surface area (TPSA) is 12.9 Å². The molecular formula is C14H15N. The highest BCUT2D eigenvalue weighted by Gasteiger charge is 2.13. The van der Waals surface area contributed by atoms with Gasteiger partial charge in [0.2, 0.25) is 0 Å². The van der Waals surface area contributed by atoms with Gasteiger partial charge in [-0.2, -0.15) is 0 Å². The van der Waals surface area contributed by atoms with Crippen LogP contribution in [0.4, 0.5) is 0 Å². The summed E-state index contributed by atoms with van der Waals surface area (Å²) in [6, 6.07) is 4.04. The van der Waals surface area contributed by atoms with Crippen molar-refractivity contribution in [3.8, 4) is 0 Å². The van der Waals surface area contributed by atoms with Gasteiger partial charge in [-0.15, -0.1) is 0 Å². The second kappa shape index (κ2) is 4.26. The van der Waals surface area contributed by atoms with Gasteiger partial charge < -0.3 is 0 Å². The van der Waals surface area contributed by atoms with Gasteiger partial charge in [0.05, 0.1) is 0 Å². The van der Waals surface area contributed by atoms with Crippen molar-refractivity contribution >= 4 is 5.57 Å². The molecule has 1 nitrogen and oxygen atoms in total. The molecule has 0 aliphatic heterocycles. The zero-order valence-corrected chi connectivity index (χ0v) is 8.98. The van der Waals surface area contributed by atoms with Gasteiger partial charge >= 0.3 is 0 Å². The molecule has 0 N–H and O–H groups in total. The third-order valence-corrected chi connectivity index (χ3v) is 2.76. The highest BCUT2D eigenvalue weighted by molar-refractivity contribution is 5.67. The van der Waals surface area contributed by atoms with Gasteiger partial charge in [-0.25, -0.2) is 0 Å². The first-order valence-corrected chi connectivity index (χ1v) is 5.20. The van der Waals surface area contributed by atoms with Crippen molar-refractivity contribution in [3.05, 3.63) is 60.5 Å². The Hall–Kier alpha value is -1.63. The smallest absolute Gasteiger partial charge is 0.0273 e. The number of rotatable bonds is 2. The molecule has 2 rings (SSSR count). The molecule has 0 saturated heterocycles. The molecule has 0 amide bonds. The van der Waals surface area contributed by atoms with E-state index >= 15 is 0 Å². The molecule has 1 heterocycles. The average molecular weight is 197 g/mol. The Morgan fingerprint density at radius 3 is 2.80 bits per heavy atom. The summed E-state index contributed by atoms with van der Waals surface area (Å²) in [5.41, 5.74) is 3.79. The molecule has 15 heavy (non-hydrogen) atoms. The molecule has 1 atom stereocenters. The Kier molecular flexibility index (Phi) is 2.82. The molecule has 1 aromatic rings. The first kappa shape index (κ1) is 9.91. The second-order valence-corrected chi connectivity index (χ2v) is 3.97. The van der Waals surface area contributed by atoms with E-state index in [1.807, 2.05) is 24.5 Å². The van der Waals surface area contributed by atoms with Crippen molar-refractivity contribution in [2.75, 3.05) is 0 Å². The molecule has 1 aliphatic carbocycles. The molecular weight excluding hydrogens is 182 g/mol. The number of hydrogen-bond acceptors (Lipinski definition) is 1. The molecule has 1 unspecified atom stereocenters. The van der Waals surface area contributed by atoms with E-state index in [-0.39, 0.29) is 0 Å². The van der Waals surface area contributed by atoms with Crippen molar-refractivity contribution in [2.24, 2.45) is 5.92 Å². The van der Waals surface area contributed by atoms with Crippen LogP contribution in [-0.4, -0.2) is 4.98 Å². The van der Waals surface area contributed by atoms with Crippen LogP contribution < -0.4 is 0 Å². The lowest BCUT2D eigenvalue weighted by atomic mass is 9.86. The maximum Gasteiger partial charge on any atom is 0.0273 e. The van der Waals surface area contributed by atoms with E-state index in [2.05, 4.69) is 36.7 Å². The summed E-state index contributed by atoms with van der Waals surface area (Å²) < 4.78 is 0. The maximum absolute atomic E-state index is 4.18. The Morgan fingerprint density at radius 1 is 1.40 bits per heavy atom. The highest BCUT2D eigenvalue weighted by atomic mass is 14.6. The summed E-state index contributed by atoms with van der Waals surface area (Å²) in [4.78, 5) is 4.02. The van der Waals surface area contributed by atoms with Crippen LogP contribution in [0.2, 0.25) is 0 Å². The lowest BCUT2D eigenvalue weighted by molar-refractivity contribution is 0.803. The molecule has 0 bridgehead atoms. The first-order chi connectivity index (χ1) is 7.27. The van der Waals surface area contributed by atoms with Crippen molar-refractivity contribution in [2.45, 2.75) is 13.3 Å². The number of nitrogens with zero attached hydrogens (tertiary/aromatic N) is 1. The maximum atomic E-state index is 4.18.